The van der Waals surface area contributed by atoms with Crippen molar-refractivity contribution in [2.24, 2.45) is 0 Å². The molecule has 10 nitrogen and oxygen atoms in total. The van der Waals surface area contributed by atoms with Crippen LogP contribution in [-0.2, 0) is 11.2 Å². The summed E-state index contributed by atoms with van der Waals surface area (Å²) in [6.45, 7) is 1.72. The highest BCUT2D eigenvalue weighted by Gasteiger charge is 2.16. The van der Waals surface area contributed by atoms with Crippen LogP contribution in [0.15, 0.2) is 53.6 Å². The van der Waals surface area contributed by atoms with Gasteiger partial charge in [0.15, 0.2) is 23.1 Å². The molecular weight excluding hydrogens is 438 g/mol. The van der Waals surface area contributed by atoms with E-state index in [-0.39, 0.29) is 23.7 Å². The van der Waals surface area contributed by atoms with Crippen molar-refractivity contribution in [2.75, 3.05) is 26.6 Å². The summed E-state index contributed by atoms with van der Waals surface area (Å²) < 4.78 is 17.3. The van der Waals surface area contributed by atoms with Gasteiger partial charge in [0.1, 0.15) is 5.82 Å². The standard InChI is InChI=1S/C24H23N5O5/c1-14-27-17-8-6-5-7-16(17)24(31)29(14)21-13-25-20(12-26-21)28-22(30)11-15-9-18(32-2)23(34-4)19(10-15)33-3/h5-10,12-13H,11H2,1-4H3,(H,25,28,30). The monoisotopic (exact) mass is 461 g/mol. The van der Waals surface area contributed by atoms with Crippen molar-refractivity contribution in [3.63, 3.8) is 0 Å². The minimum atomic E-state index is -0.308. The summed E-state index contributed by atoms with van der Waals surface area (Å²) in [6.07, 6.45) is 2.86. The molecule has 34 heavy (non-hydrogen) atoms. The second kappa shape index (κ2) is 9.57. The first-order valence-electron chi connectivity index (χ1n) is 10.3. The van der Waals surface area contributed by atoms with E-state index in [1.165, 1.54) is 38.3 Å². The largest absolute Gasteiger partial charge is 0.493 e. The molecular formula is C24H23N5O5. The number of anilines is 1. The van der Waals surface area contributed by atoms with E-state index >= 15 is 0 Å². The van der Waals surface area contributed by atoms with E-state index in [4.69, 9.17) is 14.2 Å². The van der Waals surface area contributed by atoms with Gasteiger partial charge in [-0.25, -0.2) is 19.5 Å². The van der Waals surface area contributed by atoms with Crippen molar-refractivity contribution in [3.05, 3.63) is 70.5 Å². The van der Waals surface area contributed by atoms with Crippen molar-refractivity contribution in [1.29, 1.82) is 0 Å². The van der Waals surface area contributed by atoms with Crippen LogP contribution in [0.25, 0.3) is 16.7 Å². The number of methoxy groups -OCH3 is 3. The number of hydrogen-bond acceptors (Lipinski definition) is 8. The second-order valence-electron chi connectivity index (χ2n) is 7.34. The Balaban J connectivity index is 1.53. The van der Waals surface area contributed by atoms with Gasteiger partial charge in [-0.1, -0.05) is 12.1 Å². The number of aromatic nitrogens is 4. The maximum absolute atomic E-state index is 12.9. The van der Waals surface area contributed by atoms with Crippen LogP contribution in [0.3, 0.4) is 0 Å². The Morgan fingerprint density at radius 1 is 1.00 bits per heavy atom. The fraction of sp³-hybridized carbons (Fsp3) is 0.208. The lowest BCUT2D eigenvalue weighted by Gasteiger charge is -2.14. The molecule has 0 saturated carbocycles. The number of benzene rings is 2. The summed E-state index contributed by atoms with van der Waals surface area (Å²) in [7, 11) is 4.53. The molecule has 1 amide bonds. The molecule has 2 aromatic heterocycles. The van der Waals surface area contributed by atoms with Crippen LogP contribution in [0.1, 0.15) is 11.4 Å². The second-order valence-corrected chi connectivity index (χ2v) is 7.34. The highest BCUT2D eigenvalue weighted by Crippen LogP contribution is 2.38. The molecule has 0 saturated heterocycles. The van der Waals surface area contributed by atoms with E-state index in [9.17, 15) is 9.59 Å². The number of nitrogens with one attached hydrogen (secondary N) is 1. The van der Waals surface area contributed by atoms with Crippen LogP contribution in [0.5, 0.6) is 17.2 Å². The van der Waals surface area contributed by atoms with Crippen LogP contribution < -0.4 is 25.1 Å². The van der Waals surface area contributed by atoms with Crippen molar-refractivity contribution < 1.29 is 19.0 Å². The molecule has 4 rings (SSSR count). The van der Waals surface area contributed by atoms with Gasteiger partial charge in [-0.05, 0) is 36.8 Å². The maximum Gasteiger partial charge on any atom is 0.267 e. The molecule has 0 unspecified atom stereocenters. The topological polar surface area (TPSA) is 117 Å². The molecule has 0 bridgehead atoms. The van der Waals surface area contributed by atoms with Gasteiger partial charge in [0.2, 0.25) is 11.7 Å². The highest BCUT2D eigenvalue weighted by molar-refractivity contribution is 5.91. The molecule has 0 aliphatic heterocycles. The molecule has 1 N–H and O–H groups in total. The molecule has 2 heterocycles. The predicted octanol–water partition coefficient (Wildman–Crippen LogP) is 2.69. The van der Waals surface area contributed by atoms with Gasteiger partial charge in [0.25, 0.3) is 5.56 Å². The van der Waals surface area contributed by atoms with E-state index in [2.05, 4.69) is 20.3 Å². The number of amides is 1. The summed E-state index contributed by atoms with van der Waals surface area (Å²) in [4.78, 5) is 38.5. The molecule has 4 aromatic rings. The zero-order chi connectivity index (χ0) is 24.2. The van der Waals surface area contributed by atoms with Crippen LogP contribution in [0.4, 0.5) is 5.82 Å². The van der Waals surface area contributed by atoms with Gasteiger partial charge in [-0.2, -0.15) is 0 Å². The van der Waals surface area contributed by atoms with Gasteiger partial charge in [0, 0.05) is 0 Å². The van der Waals surface area contributed by atoms with Crippen LogP contribution in [0, 0.1) is 6.92 Å². The zero-order valence-corrected chi connectivity index (χ0v) is 19.2. The Bertz CT molecular complexity index is 1390. The Morgan fingerprint density at radius 3 is 2.32 bits per heavy atom. The summed E-state index contributed by atoms with van der Waals surface area (Å²) in [6, 6.07) is 10.5. The Kier molecular flexibility index (Phi) is 6.39. The van der Waals surface area contributed by atoms with E-state index in [1.807, 2.05) is 6.07 Å². The maximum atomic E-state index is 12.9. The average Bonchev–Trinajstić information content (AvgIpc) is 2.84. The molecule has 0 spiro atoms. The third-order valence-corrected chi connectivity index (χ3v) is 5.17. The Labute approximate surface area is 195 Å². The fourth-order valence-corrected chi connectivity index (χ4v) is 3.62. The SMILES string of the molecule is COc1cc(CC(=O)Nc2cnc(-n3c(C)nc4ccccc4c3=O)cn2)cc(OC)c1OC. The normalized spacial score (nSPS) is 10.7. The summed E-state index contributed by atoms with van der Waals surface area (Å²) in [5.41, 5.74) is 1.04. The Hall–Kier alpha value is -4.47. The Morgan fingerprint density at radius 2 is 1.71 bits per heavy atom. The third kappa shape index (κ3) is 4.38. The number of rotatable bonds is 7. The van der Waals surface area contributed by atoms with Crippen molar-refractivity contribution in [2.45, 2.75) is 13.3 Å². The van der Waals surface area contributed by atoms with Crippen LogP contribution in [0.2, 0.25) is 0 Å². The number of ether oxygens (including phenoxy) is 3. The number of aryl methyl sites for hydroxylation is 1. The van der Waals surface area contributed by atoms with Gasteiger partial charge in [0.05, 0.1) is 51.0 Å². The van der Waals surface area contributed by atoms with Crippen LogP contribution >= 0.6 is 0 Å². The summed E-state index contributed by atoms with van der Waals surface area (Å²) in [5, 5.41) is 3.19. The zero-order valence-electron chi connectivity index (χ0n) is 19.2. The molecule has 10 heteroatoms. The van der Waals surface area contributed by atoms with Gasteiger partial charge in [-0.15, -0.1) is 0 Å². The number of carbonyl (C=O) groups is 1. The minimum absolute atomic E-state index is 0.0489. The van der Waals surface area contributed by atoms with Gasteiger partial charge in [-0.3, -0.25) is 9.59 Å². The molecule has 0 aliphatic carbocycles. The van der Waals surface area contributed by atoms with E-state index < -0.39 is 0 Å². The summed E-state index contributed by atoms with van der Waals surface area (Å²) in [5.74, 6) is 2.10. The van der Waals surface area contributed by atoms with E-state index in [0.717, 1.165) is 0 Å². The number of carbonyl (C=O) groups excluding carboxylic acids is 1. The van der Waals surface area contributed by atoms with E-state index in [1.54, 1.807) is 37.3 Å². The first-order valence-corrected chi connectivity index (χ1v) is 10.3. The summed E-state index contributed by atoms with van der Waals surface area (Å²) >= 11 is 0. The lowest BCUT2D eigenvalue weighted by atomic mass is 10.1. The number of nitrogens with zero attached hydrogens (tertiary/aromatic N) is 4. The van der Waals surface area contributed by atoms with Gasteiger partial charge >= 0.3 is 0 Å². The molecule has 0 aliphatic rings. The highest BCUT2D eigenvalue weighted by atomic mass is 16.5. The molecule has 2 aromatic carbocycles. The van der Waals surface area contributed by atoms with E-state index in [0.29, 0.717) is 45.4 Å². The predicted molar refractivity (Wildman–Crippen MR) is 126 cm³/mol. The third-order valence-electron chi connectivity index (χ3n) is 5.17. The number of hydrogen-bond donors (Lipinski definition) is 1. The number of fused-ring (bicyclic) bond motifs is 1. The van der Waals surface area contributed by atoms with Crippen LogP contribution in [-0.4, -0.2) is 46.8 Å². The fourth-order valence-electron chi connectivity index (χ4n) is 3.62. The first-order chi connectivity index (χ1) is 16.4. The van der Waals surface area contributed by atoms with Crippen molar-refractivity contribution in [1.82, 2.24) is 19.5 Å². The molecule has 0 radical (unpaired) electrons. The minimum Gasteiger partial charge on any atom is -0.493 e. The molecule has 0 fully saturated rings. The average molecular weight is 461 g/mol. The lowest BCUT2D eigenvalue weighted by molar-refractivity contribution is -0.115. The number of para-hydroxylation sites is 1. The smallest absolute Gasteiger partial charge is 0.267 e. The van der Waals surface area contributed by atoms with Gasteiger partial charge < -0.3 is 19.5 Å². The van der Waals surface area contributed by atoms with Crippen molar-refractivity contribution >= 4 is 22.6 Å². The molecule has 174 valence electrons. The first kappa shape index (κ1) is 22.7. The quantitative estimate of drug-likeness (QED) is 0.446. The molecule has 0 atom stereocenters. The van der Waals surface area contributed by atoms with Crippen molar-refractivity contribution in [3.8, 4) is 23.1 Å². The lowest BCUT2D eigenvalue weighted by Crippen LogP contribution is -2.23.